The molecule has 1 aliphatic rings. The smallest absolute Gasteiger partial charge is 0.144 e. The van der Waals surface area contributed by atoms with E-state index in [-0.39, 0.29) is 6.04 Å². The molecule has 0 saturated heterocycles. The summed E-state index contributed by atoms with van der Waals surface area (Å²) in [5, 5.41) is 0.681. The maximum absolute atomic E-state index is 6.68. The molecule has 30 heavy (non-hydrogen) atoms. The molecule has 0 saturated carbocycles. The van der Waals surface area contributed by atoms with E-state index in [1.165, 1.54) is 0 Å². The fourth-order valence-electron chi connectivity index (χ4n) is 3.95. The Labute approximate surface area is 181 Å². The number of allylic oxidation sites excluding steroid dienone is 2. The van der Waals surface area contributed by atoms with E-state index in [9.17, 15) is 0 Å². The summed E-state index contributed by atoms with van der Waals surface area (Å²) in [7, 11) is 1.69. The second-order valence-electron chi connectivity index (χ2n) is 7.30. The van der Waals surface area contributed by atoms with Crippen LogP contribution in [0.3, 0.4) is 0 Å². The van der Waals surface area contributed by atoms with E-state index in [4.69, 9.17) is 16.3 Å². The molecule has 1 unspecified atom stereocenters. The van der Waals surface area contributed by atoms with Crippen molar-refractivity contribution in [3.8, 4) is 16.9 Å². The van der Waals surface area contributed by atoms with Crippen LogP contribution in [0.4, 0.5) is 5.82 Å². The van der Waals surface area contributed by atoms with Gasteiger partial charge in [0.05, 0.1) is 18.8 Å². The first-order valence-corrected chi connectivity index (χ1v) is 10.1. The quantitative estimate of drug-likeness (QED) is 0.525. The van der Waals surface area contributed by atoms with Gasteiger partial charge in [-0.2, -0.15) is 0 Å². The van der Waals surface area contributed by atoms with Gasteiger partial charge in [-0.15, -0.1) is 0 Å². The minimum Gasteiger partial charge on any atom is -0.496 e. The number of methoxy groups -OCH3 is 1. The molecule has 0 fully saturated rings. The van der Waals surface area contributed by atoms with Crippen molar-refractivity contribution in [2.75, 3.05) is 12.0 Å². The van der Waals surface area contributed by atoms with Crippen LogP contribution in [0, 0.1) is 13.8 Å². The molecule has 1 aliphatic heterocycles. The van der Waals surface area contributed by atoms with Gasteiger partial charge in [-0.1, -0.05) is 24.2 Å². The number of hydrogen-bond donors (Lipinski definition) is 0. The number of halogens is 1. The first kappa shape index (κ1) is 20.1. The molecule has 6 heteroatoms. The van der Waals surface area contributed by atoms with E-state index in [0.29, 0.717) is 5.02 Å². The third-order valence-corrected chi connectivity index (χ3v) is 5.94. The van der Waals surface area contributed by atoms with Crippen LogP contribution < -0.4 is 9.64 Å². The summed E-state index contributed by atoms with van der Waals surface area (Å²) in [6, 6.07) is 5.81. The van der Waals surface area contributed by atoms with Crippen LogP contribution in [0.15, 0.2) is 55.8 Å². The van der Waals surface area contributed by atoms with E-state index in [2.05, 4.69) is 33.4 Å². The van der Waals surface area contributed by atoms with Crippen molar-refractivity contribution in [2.24, 2.45) is 0 Å². The molecule has 5 nitrogen and oxygen atoms in total. The third-order valence-electron chi connectivity index (χ3n) is 5.55. The Morgan fingerprint density at radius 1 is 1.20 bits per heavy atom. The van der Waals surface area contributed by atoms with Crippen LogP contribution in [0.25, 0.3) is 16.7 Å². The number of aryl methyl sites for hydroxylation is 1. The Morgan fingerprint density at radius 2 is 2.00 bits per heavy atom. The van der Waals surface area contributed by atoms with Gasteiger partial charge in [-0.3, -0.25) is 4.98 Å². The van der Waals surface area contributed by atoms with Gasteiger partial charge in [0, 0.05) is 45.9 Å². The average Bonchev–Trinajstić information content (AvgIpc) is 2.75. The van der Waals surface area contributed by atoms with Crippen molar-refractivity contribution in [2.45, 2.75) is 26.8 Å². The minimum atomic E-state index is -0.0918. The maximum atomic E-state index is 6.68. The largest absolute Gasteiger partial charge is 0.496 e. The number of benzene rings is 1. The molecule has 2 aromatic heterocycles. The number of nitrogens with zero attached hydrogens (tertiary/aromatic N) is 4. The van der Waals surface area contributed by atoms with Crippen LogP contribution in [-0.2, 0) is 0 Å². The number of pyridine rings is 1. The highest BCUT2D eigenvalue weighted by molar-refractivity contribution is 6.32. The normalized spacial score (nSPS) is 13.9. The Kier molecular flexibility index (Phi) is 5.31. The van der Waals surface area contributed by atoms with E-state index < -0.39 is 0 Å². The lowest BCUT2D eigenvalue weighted by Gasteiger charge is -2.33. The van der Waals surface area contributed by atoms with Crippen molar-refractivity contribution in [3.05, 3.63) is 83.2 Å². The van der Waals surface area contributed by atoms with Gasteiger partial charge < -0.3 is 9.64 Å². The molecule has 0 amide bonds. The molecule has 152 valence electrons. The van der Waals surface area contributed by atoms with Crippen molar-refractivity contribution < 1.29 is 4.74 Å². The SMILES string of the molecule is C=C1C=CN(C(C)c2cc(Cl)c(C)c(-c3cccnc3)c2OC)c2ncnc(C)c21. The minimum absolute atomic E-state index is 0.0918. The zero-order chi connectivity index (χ0) is 21.4. The summed E-state index contributed by atoms with van der Waals surface area (Å²) >= 11 is 6.68. The molecule has 0 bridgehead atoms. The number of fused-ring (bicyclic) bond motifs is 1. The number of hydrogen-bond acceptors (Lipinski definition) is 5. The number of rotatable bonds is 4. The summed E-state index contributed by atoms with van der Waals surface area (Å²) < 4.78 is 5.92. The lowest BCUT2D eigenvalue weighted by molar-refractivity contribution is 0.408. The van der Waals surface area contributed by atoms with E-state index in [0.717, 1.165) is 50.7 Å². The maximum Gasteiger partial charge on any atom is 0.144 e. The fraction of sp³-hybridized carbons (Fsp3) is 0.208. The zero-order valence-electron chi connectivity index (χ0n) is 17.5. The third kappa shape index (κ3) is 3.25. The molecule has 1 atom stereocenters. The number of aromatic nitrogens is 3. The predicted molar refractivity (Wildman–Crippen MR) is 122 cm³/mol. The monoisotopic (exact) mass is 418 g/mol. The molecular weight excluding hydrogens is 396 g/mol. The summed E-state index contributed by atoms with van der Waals surface area (Å²) in [5.74, 6) is 1.60. The van der Waals surface area contributed by atoms with Gasteiger partial charge in [0.2, 0.25) is 0 Å². The first-order valence-electron chi connectivity index (χ1n) is 9.68. The zero-order valence-corrected chi connectivity index (χ0v) is 18.2. The van der Waals surface area contributed by atoms with Gasteiger partial charge in [-0.25, -0.2) is 9.97 Å². The summed E-state index contributed by atoms with van der Waals surface area (Å²) in [5.41, 5.74) is 6.59. The summed E-state index contributed by atoms with van der Waals surface area (Å²) in [6.07, 6.45) is 9.15. The molecule has 1 aromatic carbocycles. The first-order chi connectivity index (χ1) is 14.4. The van der Waals surface area contributed by atoms with E-state index in [1.54, 1.807) is 19.6 Å². The van der Waals surface area contributed by atoms with E-state index in [1.807, 2.05) is 50.5 Å². The molecular formula is C24H23ClN4O. The molecule has 3 heterocycles. The highest BCUT2D eigenvalue weighted by atomic mass is 35.5. The standard InChI is InChI=1S/C24H23ClN4O/c1-14-8-10-29(24-21(14)16(3)27-13-28-24)17(4)19-11-20(25)15(2)22(23(19)30-5)18-7-6-9-26-12-18/h6-13,17H,1H2,2-5H3. The van der Waals surface area contributed by atoms with Gasteiger partial charge in [0.1, 0.15) is 17.9 Å². The van der Waals surface area contributed by atoms with Crippen LogP contribution >= 0.6 is 11.6 Å². The Morgan fingerprint density at radius 3 is 2.70 bits per heavy atom. The lowest BCUT2D eigenvalue weighted by atomic mass is 9.93. The number of ether oxygens (including phenoxy) is 1. The molecule has 4 rings (SSSR count). The van der Waals surface area contributed by atoms with Crippen molar-refractivity contribution in [3.63, 3.8) is 0 Å². The predicted octanol–water partition coefficient (Wildman–Crippen LogP) is 5.93. The van der Waals surface area contributed by atoms with E-state index >= 15 is 0 Å². The van der Waals surface area contributed by atoms with Crippen LogP contribution in [0.1, 0.15) is 35.3 Å². The second kappa shape index (κ2) is 7.92. The Hall–Kier alpha value is -3.18. The molecule has 0 radical (unpaired) electrons. The lowest BCUT2D eigenvalue weighted by Crippen LogP contribution is -2.26. The fourth-order valence-corrected chi connectivity index (χ4v) is 4.16. The molecule has 3 aromatic rings. The van der Waals surface area contributed by atoms with Crippen molar-refractivity contribution in [1.29, 1.82) is 0 Å². The molecule has 0 aliphatic carbocycles. The van der Waals surface area contributed by atoms with Gasteiger partial charge >= 0.3 is 0 Å². The highest BCUT2D eigenvalue weighted by Gasteiger charge is 2.28. The second-order valence-corrected chi connectivity index (χ2v) is 7.71. The summed E-state index contributed by atoms with van der Waals surface area (Å²) in [6.45, 7) is 10.2. The highest BCUT2D eigenvalue weighted by Crippen LogP contribution is 2.45. The van der Waals surface area contributed by atoms with Gasteiger partial charge in [0.15, 0.2) is 0 Å². The van der Waals surface area contributed by atoms with Crippen LogP contribution in [0.5, 0.6) is 5.75 Å². The van der Waals surface area contributed by atoms with Gasteiger partial charge in [0.25, 0.3) is 0 Å². The van der Waals surface area contributed by atoms with Crippen molar-refractivity contribution >= 4 is 23.0 Å². The topological polar surface area (TPSA) is 51.1 Å². The van der Waals surface area contributed by atoms with Crippen LogP contribution in [0.2, 0.25) is 5.02 Å². The summed E-state index contributed by atoms with van der Waals surface area (Å²) in [4.78, 5) is 15.3. The number of anilines is 1. The molecule has 0 N–H and O–H groups in total. The van der Waals surface area contributed by atoms with Crippen molar-refractivity contribution in [1.82, 2.24) is 15.0 Å². The Balaban J connectivity index is 1.90. The molecule has 0 spiro atoms. The average molecular weight is 419 g/mol. The van der Waals surface area contributed by atoms with Gasteiger partial charge in [-0.05, 0) is 50.1 Å². The van der Waals surface area contributed by atoms with Crippen LogP contribution in [-0.4, -0.2) is 22.1 Å². The Bertz CT molecular complexity index is 1160.